The Bertz CT molecular complexity index is 247. The molecule has 0 aliphatic carbocycles. The van der Waals surface area contributed by atoms with Gasteiger partial charge in [-0.1, -0.05) is 46.2 Å². The quantitative estimate of drug-likeness (QED) is 0.538. The van der Waals surface area contributed by atoms with Crippen molar-refractivity contribution in [3.05, 3.63) is 23.3 Å². The molecule has 0 spiro atoms. The molecular weight excluding hydrogens is 240 g/mol. The highest BCUT2D eigenvalue weighted by Crippen LogP contribution is 2.15. The van der Waals surface area contributed by atoms with Gasteiger partial charge in [0.05, 0.1) is 4.83 Å². The van der Waals surface area contributed by atoms with Crippen LogP contribution in [0, 0.1) is 0 Å². The lowest BCUT2D eigenvalue weighted by molar-refractivity contribution is -0.118. The minimum Gasteiger partial charge on any atom is -0.298 e. The molecule has 0 rings (SSSR count). The number of alkyl halides is 1. The van der Waals surface area contributed by atoms with Gasteiger partial charge in [-0.15, -0.1) is 0 Å². The van der Waals surface area contributed by atoms with Gasteiger partial charge in [0.25, 0.3) is 0 Å². The number of carbonyl (C=O) groups is 1. The number of carbonyl (C=O) groups excluding carboxylic acids is 1. The molecule has 0 fully saturated rings. The molecular formula is C12H19BrO. The van der Waals surface area contributed by atoms with Crippen molar-refractivity contribution in [1.29, 1.82) is 0 Å². The second kappa shape index (κ2) is 6.99. The van der Waals surface area contributed by atoms with E-state index in [-0.39, 0.29) is 10.6 Å². The molecule has 0 saturated carbocycles. The van der Waals surface area contributed by atoms with Crippen molar-refractivity contribution in [3.8, 4) is 0 Å². The van der Waals surface area contributed by atoms with E-state index in [1.807, 2.05) is 6.92 Å². The van der Waals surface area contributed by atoms with Crippen molar-refractivity contribution in [2.45, 2.75) is 45.4 Å². The summed E-state index contributed by atoms with van der Waals surface area (Å²) in [5, 5.41) is 0. The van der Waals surface area contributed by atoms with Crippen molar-refractivity contribution in [2.75, 3.05) is 0 Å². The molecule has 0 N–H and O–H groups in total. The summed E-state index contributed by atoms with van der Waals surface area (Å²) in [5.41, 5.74) is 2.51. The zero-order valence-corrected chi connectivity index (χ0v) is 11.0. The first-order valence-electron chi connectivity index (χ1n) is 4.94. The topological polar surface area (TPSA) is 17.1 Å². The second-order valence-electron chi connectivity index (χ2n) is 3.75. The average molecular weight is 259 g/mol. The van der Waals surface area contributed by atoms with Crippen LogP contribution < -0.4 is 0 Å². The highest BCUT2D eigenvalue weighted by Gasteiger charge is 2.12. The Morgan fingerprint density at radius 3 is 2.29 bits per heavy atom. The predicted octanol–water partition coefficient (Wildman–Crippen LogP) is 4.03. The van der Waals surface area contributed by atoms with E-state index < -0.39 is 0 Å². The number of Topliss-reactive ketones (excluding diaryl/α,β-unsaturated/α-hetero) is 1. The maximum atomic E-state index is 11.3. The molecule has 0 saturated heterocycles. The summed E-state index contributed by atoms with van der Waals surface area (Å²) in [6.45, 7) is 8.07. The zero-order valence-electron chi connectivity index (χ0n) is 9.43. The molecule has 2 heteroatoms. The third-order valence-corrected chi connectivity index (χ3v) is 2.73. The fraction of sp³-hybridized carbons (Fsp3) is 0.583. The van der Waals surface area contributed by atoms with Crippen LogP contribution in [0.1, 0.15) is 40.5 Å². The van der Waals surface area contributed by atoms with Crippen molar-refractivity contribution >= 4 is 21.7 Å². The highest BCUT2D eigenvalue weighted by atomic mass is 79.9. The summed E-state index contributed by atoms with van der Waals surface area (Å²) < 4.78 is 0. The molecule has 0 radical (unpaired) electrons. The maximum Gasteiger partial charge on any atom is 0.146 e. The first kappa shape index (κ1) is 13.6. The van der Waals surface area contributed by atoms with Crippen molar-refractivity contribution in [3.63, 3.8) is 0 Å². The Morgan fingerprint density at radius 2 is 1.86 bits per heavy atom. The van der Waals surface area contributed by atoms with E-state index >= 15 is 0 Å². The average Bonchev–Trinajstić information content (AvgIpc) is 2.13. The van der Waals surface area contributed by atoms with Gasteiger partial charge in [-0.05, 0) is 27.2 Å². The molecule has 14 heavy (non-hydrogen) atoms. The highest BCUT2D eigenvalue weighted by molar-refractivity contribution is 9.10. The third kappa shape index (κ3) is 6.14. The van der Waals surface area contributed by atoms with Crippen LogP contribution in [0.5, 0.6) is 0 Å². The summed E-state index contributed by atoms with van der Waals surface area (Å²) in [4.78, 5) is 11.3. The number of hydrogen-bond donors (Lipinski definition) is 0. The largest absolute Gasteiger partial charge is 0.298 e. The van der Waals surface area contributed by atoms with Crippen LogP contribution in [0.25, 0.3) is 0 Å². The normalized spacial score (nSPS) is 13.6. The van der Waals surface area contributed by atoms with Crippen molar-refractivity contribution in [2.24, 2.45) is 0 Å². The smallest absolute Gasteiger partial charge is 0.146 e. The number of rotatable bonds is 5. The molecule has 1 unspecified atom stereocenters. The monoisotopic (exact) mass is 258 g/mol. The van der Waals surface area contributed by atoms with Crippen LogP contribution in [-0.2, 0) is 4.79 Å². The molecule has 0 heterocycles. The molecule has 1 atom stereocenters. The van der Waals surface area contributed by atoms with Gasteiger partial charge in [0, 0.05) is 6.42 Å². The van der Waals surface area contributed by atoms with Gasteiger partial charge in [-0.3, -0.25) is 4.79 Å². The molecule has 0 aromatic carbocycles. The van der Waals surface area contributed by atoms with E-state index in [2.05, 4.69) is 48.9 Å². The van der Waals surface area contributed by atoms with E-state index in [1.165, 1.54) is 11.1 Å². The lowest BCUT2D eigenvalue weighted by Gasteiger charge is -2.06. The molecule has 80 valence electrons. The second-order valence-corrected chi connectivity index (χ2v) is 4.85. The van der Waals surface area contributed by atoms with Gasteiger partial charge in [-0.2, -0.15) is 0 Å². The molecule has 0 amide bonds. The van der Waals surface area contributed by atoms with Crippen LogP contribution in [0.2, 0.25) is 0 Å². The number of hydrogen-bond acceptors (Lipinski definition) is 1. The fourth-order valence-electron chi connectivity index (χ4n) is 0.995. The van der Waals surface area contributed by atoms with E-state index in [1.54, 1.807) is 0 Å². The van der Waals surface area contributed by atoms with E-state index in [0.717, 1.165) is 6.42 Å². The van der Waals surface area contributed by atoms with E-state index in [0.29, 0.717) is 6.42 Å². The minimum atomic E-state index is -0.0192. The van der Waals surface area contributed by atoms with E-state index in [9.17, 15) is 4.79 Å². The first-order valence-corrected chi connectivity index (χ1v) is 5.86. The molecule has 0 bridgehead atoms. The Hall–Kier alpha value is -0.370. The Balaban J connectivity index is 4.18. The summed E-state index contributed by atoms with van der Waals surface area (Å²) >= 11 is 3.40. The Morgan fingerprint density at radius 1 is 1.29 bits per heavy atom. The van der Waals surface area contributed by atoms with Gasteiger partial charge >= 0.3 is 0 Å². The number of ketones is 1. The van der Waals surface area contributed by atoms with Crippen LogP contribution in [0.3, 0.4) is 0 Å². The summed E-state index contributed by atoms with van der Waals surface area (Å²) in [6.07, 6.45) is 5.56. The SMILES string of the molecule is CCC(=O)C(Br)C/C(C)=C/C=C(C)C. The van der Waals surface area contributed by atoms with Crippen LogP contribution in [0.4, 0.5) is 0 Å². The first-order chi connectivity index (χ1) is 6.47. The maximum absolute atomic E-state index is 11.3. The molecule has 0 aromatic rings. The van der Waals surface area contributed by atoms with Gasteiger partial charge in [0.1, 0.15) is 5.78 Å². The van der Waals surface area contributed by atoms with Gasteiger partial charge in [0.2, 0.25) is 0 Å². The lowest BCUT2D eigenvalue weighted by atomic mass is 10.1. The summed E-state index contributed by atoms with van der Waals surface area (Å²) in [5.74, 6) is 0.273. The number of allylic oxidation sites excluding steroid dienone is 4. The van der Waals surface area contributed by atoms with Gasteiger partial charge in [0.15, 0.2) is 0 Å². The summed E-state index contributed by atoms with van der Waals surface area (Å²) in [6, 6.07) is 0. The standard InChI is InChI=1S/C12H19BrO/c1-5-12(14)11(13)8-10(4)7-6-9(2)3/h6-7,11H,5,8H2,1-4H3/b10-7+. The van der Waals surface area contributed by atoms with Crippen LogP contribution in [-0.4, -0.2) is 10.6 Å². The molecule has 0 aliphatic rings. The third-order valence-electron chi connectivity index (χ3n) is 1.90. The fourth-order valence-corrected chi connectivity index (χ4v) is 1.83. The Kier molecular flexibility index (Phi) is 6.81. The minimum absolute atomic E-state index is 0.0192. The molecule has 0 aliphatic heterocycles. The number of halogens is 1. The van der Waals surface area contributed by atoms with Crippen LogP contribution >= 0.6 is 15.9 Å². The van der Waals surface area contributed by atoms with Crippen molar-refractivity contribution < 1.29 is 4.79 Å². The lowest BCUT2D eigenvalue weighted by Crippen LogP contribution is -2.12. The molecule has 0 aromatic heterocycles. The van der Waals surface area contributed by atoms with E-state index in [4.69, 9.17) is 0 Å². The predicted molar refractivity (Wildman–Crippen MR) is 65.8 cm³/mol. The van der Waals surface area contributed by atoms with Gasteiger partial charge in [-0.25, -0.2) is 0 Å². The molecule has 1 nitrogen and oxygen atoms in total. The zero-order chi connectivity index (χ0) is 11.1. The van der Waals surface area contributed by atoms with Crippen molar-refractivity contribution in [1.82, 2.24) is 0 Å². The Labute approximate surface area is 95.4 Å². The van der Waals surface area contributed by atoms with Crippen LogP contribution in [0.15, 0.2) is 23.3 Å². The van der Waals surface area contributed by atoms with Gasteiger partial charge < -0.3 is 0 Å². The summed E-state index contributed by atoms with van der Waals surface area (Å²) in [7, 11) is 0.